The summed E-state index contributed by atoms with van der Waals surface area (Å²) in [7, 11) is -3.56. The standard InChI is InChI=1S/C13H17ClN2O2S2/c1-2-7-16(10-4-5-10)20(17,18)12-6-3-9(13(15)19)8-11(12)14/h3,6,8,10H,2,4-5,7H2,1H3,(H2,15,19). The molecule has 0 heterocycles. The zero-order valence-corrected chi connectivity index (χ0v) is 13.6. The normalized spacial score (nSPS) is 15.6. The molecular formula is C13H17ClN2O2S2. The third-order valence-electron chi connectivity index (χ3n) is 3.20. The van der Waals surface area contributed by atoms with Gasteiger partial charge in [-0.05, 0) is 31.4 Å². The van der Waals surface area contributed by atoms with Gasteiger partial charge in [0.15, 0.2) is 0 Å². The van der Waals surface area contributed by atoms with Crippen LogP contribution in [0.2, 0.25) is 5.02 Å². The fourth-order valence-corrected chi connectivity index (χ4v) is 4.50. The van der Waals surface area contributed by atoms with Gasteiger partial charge in [-0.2, -0.15) is 4.31 Å². The van der Waals surface area contributed by atoms with Crippen molar-refractivity contribution in [2.75, 3.05) is 6.54 Å². The molecule has 2 rings (SSSR count). The van der Waals surface area contributed by atoms with Gasteiger partial charge in [0.25, 0.3) is 0 Å². The lowest BCUT2D eigenvalue weighted by molar-refractivity contribution is 0.403. The lowest BCUT2D eigenvalue weighted by atomic mass is 10.2. The van der Waals surface area contributed by atoms with Crippen molar-refractivity contribution in [3.63, 3.8) is 0 Å². The van der Waals surface area contributed by atoms with Crippen molar-refractivity contribution < 1.29 is 8.42 Å². The fourth-order valence-electron chi connectivity index (χ4n) is 2.07. The summed E-state index contributed by atoms with van der Waals surface area (Å²) in [5, 5.41) is 0.164. The summed E-state index contributed by atoms with van der Waals surface area (Å²) in [5.41, 5.74) is 6.09. The summed E-state index contributed by atoms with van der Waals surface area (Å²) in [4.78, 5) is 0.322. The molecule has 1 aromatic rings. The molecule has 110 valence electrons. The molecule has 1 fully saturated rings. The maximum absolute atomic E-state index is 12.7. The maximum Gasteiger partial charge on any atom is 0.244 e. The molecule has 0 atom stereocenters. The second kappa shape index (κ2) is 5.97. The highest BCUT2D eigenvalue weighted by atomic mass is 35.5. The van der Waals surface area contributed by atoms with Gasteiger partial charge >= 0.3 is 0 Å². The van der Waals surface area contributed by atoms with Crippen LogP contribution in [0.25, 0.3) is 0 Å². The zero-order chi connectivity index (χ0) is 14.9. The van der Waals surface area contributed by atoms with Crippen LogP contribution in [0.4, 0.5) is 0 Å². The number of rotatable bonds is 6. The van der Waals surface area contributed by atoms with Gasteiger partial charge in [0.1, 0.15) is 9.88 Å². The molecular weight excluding hydrogens is 316 g/mol. The van der Waals surface area contributed by atoms with E-state index >= 15 is 0 Å². The average molecular weight is 333 g/mol. The predicted molar refractivity (Wildman–Crippen MR) is 84.5 cm³/mol. The van der Waals surface area contributed by atoms with Gasteiger partial charge < -0.3 is 5.73 Å². The van der Waals surface area contributed by atoms with Crippen LogP contribution in [0.1, 0.15) is 31.7 Å². The Morgan fingerprint density at radius 3 is 2.60 bits per heavy atom. The van der Waals surface area contributed by atoms with Gasteiger partial charge in [-0.1, -0.05) is 36.8 Å². The van der Waals surface area contributed by atoms with Crippen molar-refractivity contribution >= 4 is 38.8 Å². The highest BCUT2D eigenvalue weighted by Gasteiger charge is 2.38. The molecule has 0 aliphatic heterocycles. The number of thiocarbonyl (C=S) groups is 1. The Hall–Kier alpha value is -0.690. The number of nitrogens with zero attached hydrogens (tertiary/aromatic N) is 1. The van der Waals surface area contributed by atoms with Crippen LogP contribution in [0.15, 0.2) is 23.1 Å². The van der Waals surface area contributed by atoms with E-state index in [2.05, 4.69) is 0 Å². The molecule has 1 aromatic carbocycles. The first-order valence-electron chi connectivity index (χ1n) is 6.49. The Morgan fingerprint density at radius 1 is 1.50 bits per heavy atom. The van der Waals surface area contributed by atoms with Gasteiger partial charge in [-0.3, -0.25) is 0 Å². The first-order valence-corrected chi connectivity index (χ1v) is 8.71. The van der Waals surface area contributed by atoms with E-state index in [1.807, 2.05) is 6.92 Å². The zero-order valence-electron chi connectivity index (χ0n) is 11.2. The van der Waals surface area contributed by atoms with Gasteiger partial charge in [-0.25, -0.2) is 8.42 Å². The number of nitrogens with two attached hydrogens (primary N) is 1. The van der Waals surface area contributed by atoms with Crippen LogP contribution in [0.5, 0.6) is 0 Å². The highest BCUT2D eigenvalue weighted by molar-refractivity contribution is 7.89. The summed E-state index contributed by atoms with van der Waals surface area (Å²) >= 11 is 11.0. The second-order valence-corrected chi connectivity index (χ2v) is 7.56. The van der Waals surface area contributed by atoms with Crippen LogP contribution in [0, 0.1) is 0 Å². The van der Waals surface area contributed by atoms with Gasteiger partial charge in [0, 0.05) is 18.2 Å². The summed E-state index contributed by atoms with van der Waals surface area (Å²) in [6.45, 7) is 2.48. The SMILES string of the molecule is CCCN(C1CC1)S(=O)(=O)c1ccc(C(N)=S)cc1Cl. The van der Waals surface area contributed by atoms with E-state index < -0.39 is 10.0 Å². The van der Waals surface area contributed by atoms with Crippen molar-refractivity contribution in [1.29, 1.82) is 0 Å². The van der Waals surface area contributed by atoms with E-state index in [-0.39, 0.29) is 20.9 Å². The van der Waals surface area contributed by atoms with Crippen molar-refractivity contribution in [3.05, 3.63) is 28.8 Å². The predicted octanol–water partition coefficient (Wildman–Crippen LogP) is 2.54. The van der Waals surface area contributed by atoms with Gasteiger partial charge in [0.05, 0.1) is 5.02 Å². The highest BCUT2D eigenvalue weighted by Crippen LogP contribution is 2.34. The number of benzene rings is 1. The van der Waals surface area contributed by atoms with Gasteiger partial charge in [-0.15, -0.1) is 0 Å². The molecule has 7 heteroatoms. The van der Waals surface area contributed by atoms with E-state index in [4.69, 9.17) is 29.6 Å². The minimum Gasteiger partial charge on any atom is -0.389 e. The van der Waals surface area contributed by atoms with Gasteiger partial charge in [0.2, 0.25) is 10.0 Å². The molecule has 0 radical (unpaired) electrons. The topological polar surface area (TPSA) is 63.4 Å². The Kier molecular flexibility index (Phi) is 4.69. The second-order valence-electron chi connectivity index (χ2n) is 4.86. The minimum atomic E-state index is -3.56. The van der Waals surface area contributed by atoms with Crippen LogP contribution in [-0.4, -0.2) is 30.3 Å². The van der Waals surface area contributed by atoms with E-state index in [9.17, 15) is 8.42 Å². The molecule has 0 unspecified atom stereocenters. The molecule has 1 aliphatic carbocycles. The Labute approximate surface area is 130 Å². The molecule has 0 amide bonds. The average Bonchev–Trinajstić information content (AvgIpc) is 3.19. The molecule has 4 nitrogen and oxygen atoms in total. The van der Waals surface area contributed by atoms with Crippen molar-refractivity contribution in [1.82, 2.24) is 4.31 Å². The van der Waals surface area contributed by atoms with Crippen LogP contribution < -0.4 is 5.73 Å². The van der Waals surface area contributed by atoms with Crippen molar-refractivity contribution in [2.45, 2.75) is 37.1 Å². The fraction of sp³-hybridized carbons (Fsp3) is 0.462. The molecule has 1 saturated carbocycles. The Balaban J connectivity index is 2.40. The number of sulfonamides is 1. The summed E-state index contributed by atoms with van der Waals surface area (Å²) < 4.78 is 26.9. The Bertz CT molecular complexity index is 627. The van der Waals surface area contributed by atoms with E-state index in [1.165, 1.54) is 12.1 Å². The molecule has 2 N–H and O–H groups in total. The smallest absolute Gasteiger partial charge is 0.244 e. The first-order chi connectivity index (χ1) is 9.37. The van der Waals surface area contributed by atoms with E-state index in [0.29, 0.717) is 12.1 Å². The third-order valence-corrected chi connectivity index (χ3v) is 5.87. The number of halogens is 1. The van der Waals surface area contributed by atoms with Crippen LogP contribution >= 0.6 is 23.8 Å². The third kappa shape index (κ3) is 3.14. The molecule has 0 spiro atoms. The van der Waals surface area contributed by atoms with Crippen molar-refractivity contribution in [2.24, 2.45) is 5.73 Å². The largest absolute Gasteiger partial charge is 0.389 e. The van der Waals surface area contributed by atoms with E-state index in [0.717, 1.165) is 19.3 Å². The van der Waals surface area contributed by atoms with Crippen LogP contribution in [-0.2, 0) is 10.0 Å². The summed E-state index contributed by atoms with van der Waals surface area (Å²) in [6, 6.07) is 4.70. The summed E-state index contributed by atoms with van der Waals surface area (Å²) in [6.07, 6.45) is 2.61. The first kappa shape index (κ1) is 15.7. The molecule has 1 aliphatic rings. The quantitative estimate of drug-likeness (QED) is 0.813. The maximum atomic E-state index is 12.7. The summed E-state index contributed by atoms with van der Waals surface area (Å²) in [5.74, 6) is 0. The number of hydrogen-bond donors (Lipinski definition) is 1. The van der Waals surface area contributed by atoms with Crippen molar-refractivity contribution in [3.8, 4) is 0 Å². The Morgan fingerprint density at radius 2 is 2.15 bits per heavy atom. The lowest BCUT2D eigenvalue weighted by Crippen LogP contribution is -2.34. The monoisotopic (exact) mass is 332 g/mol. The lowest BCUT2D eigenvalue weighted by Gasteiger charge is -2.22. The molecule has 0 bridgehead atoms. The molecule has 20 heavy (non-hydrogen) atoms. The molecule has 0 aromatic heterocycles. The van der Waals surface area contributed by atoms with Crippen LogP contribution in [0.3, 0.4) is 0 Å². The number of hydrogen-bond acceptors (Lipinski definition) is 3. The van der Waals surface area contributed by atoms with E-state index in [1.54, 1.807) is 10.4 Å². The molecule has 0 saturated heterocycles. The minimum absolute atomic E-state index is 0.117.